The van der Waals surface area contributed by atoms with Crippen molar-refractivity contribution in [2.45, 2.75) is 393 Å². The third-order valence-electron chi connectivity index (χ3n) is 18.0. The molecule has 0 aromatic heterocycles. The standard InChI is InChI=1S/C87H154O17P2/c1-5-9-13-17-21-25-29-33-37-39-40-42-46-48-52-56-60-64-68-72-85(90)98-78-83(104-87(92)74-70-66-62-58-54-50-44-36-32-28-24-20-16-12-8-4)80-102-106(95,96)100-76-81(88)75-99-105(93,94)101-79-82(103-86(91)73-69-65-61-57-53-49-43-35-31-27-23-19-15-11-7-3)77-97-84(89)71-67-63-59-55-51-47-45-41-38-34-30-26-22-18-14-10-6-2/h10,14,21-22,24-26,28,33-34,36-38,40,42,44,81-83,88H,5-9,11-13,15-20,23,27,29-32,35,39,41,43,45-80H2,1-4H3,(H,93,94)(H,95,96)/b14-10-,25-21-,26-22-,28-24-,37-33-,38-34-,42-40-,44-36-. The summed E-state index contributed by atoms with van der Waals surface area (Å²) in [5.41, 5.74) is 0. The average molecular weight is 1530 g/mol. The van der Waals surface area contributed by atoms with E-state index in [0.717, 1.165) is 193 Å². The van der Waals surface area contributed by atoms with Gasteiger partial charge in [-0.1, -0.05) is 318 Å². The molecule has 0 amide bonds. The average Bonchev–Trinajstić information content (AvgIpc) is 0.928. The van der Waals surface area contributed by atoms with E-state index < -0.39 is 97.5 Å². The molecule has 0 aromatic rings. The molecule has 0 saturated heterocycles. The maximum atomic E-state index is 13.1. The number of aliphatic hydroxyl groups is 1. The molecule has 0 aromatic carbocycles. The van der Waals surface area contributed by atoms with Crippen LogP contribution in [-0.4, -0.2) is 96.7 Å². The first-order valence-corrected chi connectivity index (χ1v) is 45.5. The minimum atomic E-state index is -4.99. The highest BCUT2D eigenvalue weighted by Gasteiger charge is 2.30. The van der Waals surface area contributed by atoms with Crippen molar-refractivity contribution >= 4 is 39.5 Å². The lowest BCUT2D eigenvalue weighted by molar-refractivity contribution is -0.161. The van der Waals surface area contributed by atoms with Crippen molar-refractivity contribution in [1.29, 1.82) is 0 Å². The summed E-state index contributed by atoms with van der Waals surface area (Å²) in [6, 6.07) is 0. The summed E-state index contributed by atoms with van der Waals surface area (Å²) in [6.07, 6.45) is 85.0. The highest BCUT2D eigenvalue weighted by Crippen LogP contribution is 2.45. The number of allylic oxidation sites excluding steroid dienone is 16. The second-order valence-electron chi connectivity index (χ2n) is 28.4. The zero-order chi connectivity index (χ0) is 77.4. The molecular formula is C87H154O17P2. The third kappa shape index (κ3) is 78.1. The minimum Gasteiger partial charge on any atom is -0.462 e. The molecule has 0 fully saturated rings. The largest absolute Gasteiger partial charge is 0.472 e. The summed E-state index contributed by atoms with van der Waals surface area (Å²) < 4.78 is 68.8. The number of phosphoric ester groups is 2. The molecule has 0 rings (SSSR count). The van der Waals surface area contributed by atoms with Gasteiger partial charge in [0.2, 0.25) is 0 Å². The van der Waals surface area contributed by atoms with Crippen LogP contribution >= 0.6 is 15.6 Å². The maximum absolute atomic E-state index is 13.1. The molecule has 0 saturated carbocycles. The predicted molar refractivity (Wildman–Crippen MR) is 436 cm³/mol. The van der Waals surface area contributed by atoms with Crippen LogP contribution < -0.4 is 0 Å². The molecular weight excluding hydrogens is 1380 g/mol. The van der Waals surface area contributed by atoms with Crippen molar-refractivity contribution in [2.75, 3.05) is 39.6 Å². The number of esters is 4. The number of aliphatic hydroxyl groups excluding tert-OH is 1. The topological polar surface area (TPSA) is 237 Å². The van der Waals surface area contributed by atoms with Crippen LogP contribution in [0, 0.1) is 0 Å². The molecule has 0 aliphatic carbocycles. The molecule has 106 heavy (non-hydrogen) atoms. The Morgan fingerprint density at radius 2 is 0.491 bits per heavy atom. The first-order chi connectivity index (χ1) is 51.7. The van der Waals surface area contributed by atoms with Crippen LogP contribution in [0.2, 0.25) is 0 Å². The lowest BCUT2D eigenvalue weighted by Gasteiger charge is -2.21. The highest BCUT2D eigenvalue weighted by atomic mass is 31.2. The van der Waals surface area contributed by atoms with Gasteiger partial charge in [-0.3, -0.25) is 37.3 Å². The van der Waals surface area contributed by atoms with E-state index in [9.17, 15) is 43.2 Å². The Hall–Kier alpha value is -4.02. The summed E-state index contributed by atoms with van der Waals surface area (Å²) >= 11 is 0. The Bertz CT molecular complexity index is 2380. The van der Waals surface area contributed by atoms with Crippen LogP contribution in [0.1, 0.15) is 374 Å². The Morgan fingerprint density at radius 1 is 0.274 bits per heavy atom. The Balaban J connectivity index is 5.36. The molecule has 614 valence electrons. The molecule has 0 aliphatic heterocycles. The number of unbranched alkanes of at least 4 members (excludes halogenated alkanes) is 38. The van der Waals surface area contributed by atoms with Gasteiger partial charge in [-0.2, -0.15) is 0 Å². The van der Waals surface area contributed by atoms with Crippen molar-refractivity contribution in [3.63, 3.8) is 0 Å². The zero-order valence-electron chi connectivity index (χ0n) is 67.3. The molecule has 5 unspecified atom stereocenters. The Labute approximate surface area is 646 Å². The zero-order valence-corrected chi connectivity index (χ0v) is 69.1. The second kappa shape index (κ2) is 79.1. The SMILES string of the molecule is CC/C=C\C/C=C\C/C=C\CCCCCCCCCC(=O)OCC(COP(=O)(O)OCC(O)COP(=O)(O)OCC(COC(=O)CCCCCCCC/C=C\C/C=C\C/C=C\CCCCC)OC(=O)CCCCCCC/C=C\C/C=C\CCCCC)OC(=O)CCCCCCCCCCCCCCCCC. The minimum absolute atomic E-state index is 0.0768. The summed E-state index contributed by atoms with van der Waals surface area (Å²) in [4.78, 5) is 73.2. The number of ether oxygens (including phenoxy) is 4. The van der Waals surface area contributed by atoms with Crippen molar-refractivity contribution in [3.8, 4) is 0 Å². The number of carbonyl (C=O) groups excluding carboxylic acids is 4. The van der Waals surface area contributed by atoms with Gasteiger partial charge >= 0.3 is 39.5 Å². The fourth-order valence-electron chi connectivity index (χ4n) is 11.6. The van der Waals surface area contributed by atoms with Gasteiger partial charge < -0.3 is 33.8 Å². The van der Waals surface area contributed by atoms with Gasteiger partial charge in [-0.15, -0.1) is 0 Å². The monoisotopic (exact) mass is 1530 g/mol. The van der Waals surface area contributed by atoms with Crippen LogP contribution in [-0.2, 0) is 65.4 Å². The lowest BCUT2D eigenvalue weighted by Crippen LogP contribution is -2.30. The van der Waals surface area contributed by atoms with Crippen LogP contribution in [0.15, 0.2) is 97.2 Å². The van der Waals surface area contributed by atoms with Crippen LogP contribution in [0.3, 0.4) is 0 Å². The number of hydrogen-bond acceptors (Lipinski definition) is 15. The fourth-order valence-corrected chi connectivity index (χ4v) is 13.1. The summed E-state index contributed by atoms with van der Waals surface area (Å²) in [6.45, 7) is 4.75. The summed E-state index contributed by atoms with van der Waals surface area (Å²) in [5, 5.41) is 10.7. The number of rotatable bonds is 80. The van der Waals surface area contributed by atoms with Crippen LogP contribution in [0.4, 0.5) is 0 Å². The van der Waals surface area contributed by atoms with E-state index in [1.54, 1.807) is 0 Å². The van der Waals surface area contributed by atoms with Crippen LogP contribution in [0.25, 0.3) is 0 Å². The van der Waals surface area contributed by atoms with Gasteiger partial charge in [0.15, 0.2) is 12.2 Å². The Kier molecular flexibility index (Phi) is 76.1. The van der Waals surface area contributed by atoms with Crippen molar-refractivity contribution in [1.82, 2.24) is 0 Å². The second-order valence-corrected chi connectivity index (χ2v) is 31.3. The van der Waals surface area contributed by atoms with Gasteiger partial charge in [0.05, 0.1) is 26.4 Å². The van der Waals surface area contributed by atoms with Crippen LogP contribution in [0.5, 0.6) is 0 Å². The Morgan fingerprint density at radius 3 is 0.774 bits per heavy atom. The third-order valence-corrected chi connectivity index (χ3v) is 19.9. The van der Waals surface area contributed by atoms with Gasteiger partial charge in [0.1, 0.15) is 19.3 Å². The summed E-state index contributed by atoms with van der Waals surface area (Å²) in [5.74, 6) is -2.19. The summed E-state index contributed by atoms with van der Waals surface area (Å²) in [7, 11) is -9.97. The molecule has 0 aliphatic rings. The van der Waals surface area contributed by atoms with Gasteiger partial charge in [-0.25, -0.2) is 9.13 Å². The molecule has 0 heterocycles. The van der Waals surface area contributed by atoms with E-state index >= 15 is 0 Å². The quantitative estimate of drug-likeness (QED) is 0.0169. The molecule has 0 spiro atoms. The number of hydrogen-bond donors (Lipinski definition) is 3. The fraction of sp³-hybridized carbons (Fsp3) is 0.770. The normalized spacial score (nSPS) is 14.3. The predicted octanol–water partition coefficient (Wildman–Crippen LogP) is 25.1. The molecule has 17 nitrogen and oxygen atoms in total. The first kappa shape index (κ1) is 102. The smallest absolute Gasteiger partial charge is 0.462 e. The van der Waals surface area contributed by atoms with E-state index in [2.05, 4.69) is 125 Å². The van der Waals surface area contributed by atoms with Gasteiger partial charge in [-0.05, 0) is 128 Å². The molecule has 0 bridgehead atoms. The molecule has 3 N–H and O–H groups in total. The molecule has 19 heteroatoms. The number of phosphoric acid groups is 2. The van der Waals surface area contributed by atoms with E-state index in [0.29, 0.717) is 25.7 Å². The van der Waals surface area contributed by atoms with Crippen molar-refractivity contribution < 1.29 is 80.2 Å². The molecule has 0 radical (unpaired) electrons. The first-order valence-electron chi connectivity index (χ1n) is 42.5. The van der Waals surface area contributed by atoms with E-state index in [1.165, 1.54) is 103 Å². The molecule has 5 atom stereocenters. The van der Waals surface area contributed by atoms with Gasteiger partial charge in [0.25, 0.3) is 0 Å². The van der Waals surface area contributed by atoms with Crippen molar-refractivity contribution in [2.24, 2.45) is 0 Å². The number of carbonyl (C=O) groups is 4. The highest BCUT2D eigenvalue weighted by molar-refractivity contribution is 7.47. The van der Waals surface area contributed by atoms with Gasteiger partial charge in [0, 0.05) is 25.7 Å². The van der Waals surface area contributed by atoms with E-state index in [4.69, 9.17) is 37.0 Å². The van der Waals surface area contributed by atoms with Crippen molar-refractivity contribution in [3.05, 3.63) is 97.2 Å². The lowest BCUT2D eigenvalue weighted by atomic mass is 10.0. The van der Waals surface area contributed by atoms with E-state index in [-0.39, 0.29) is 25.7 Å². The van der Waals surface area contributed by atoms with E-state index in [1.807, 2.05) is 0 Å². The maximum Gasteiger partial charge on any atom is 0.472 e.